The third-order valence-corrected chi connectivity index (χ3v) is 4.22. The first-order valence-corrected chi connectivity index (χ1v) is 8.57. The monoisotopic (exact) mass is 375 g/mol. The van der Waals surface area contributed by atoms with Gasteiger partial charge in [-0.05, 0) is 19.1 Å². The highest BCUT2D eigenvalue weighted by Crippen LogP contribution is 2.25. The van der Waals surface area contributed by atoms with Gasteiger partial charge in [-0.3, -0.25) is 14.9 Å². The highest BCUT2D eigenvalue weighted by atomic mass is 16.6. The number of rotatable bonds is 6. The predicted molar refractivity (Wildman–Crippen MR) is 103 cm³/mol. The van der Waals surface area contributed by atoms with Crippen LogP contribution in [0.25, 0.3) is 0 Å². The lowest BCUT2D eigenvalue weighted by Crippen LogP contribution is -2.20. The number of benzene rings is 3. The SMILES string of the molecule is Cc1ccc(C(=O)C(OC(=O)c2ccc([N+](=O)[O-])cc2)c2ccccc2)cc1. The van der Waals surface area contributed by atoms with Gasteiger partial charge in [0.05, 0.1) is 10.5 Å². The smallest absolute Gasteiger partial charge is 0.339 e. The molecular formula is C22H17NO5. The lowest BCUT2D eigenvalue weighted by atomic mass is 9.99. The molecule has 0 aliphatic rings. The van der Waals surface area contributed by atoms with Crippen LogP contribution >= 0.6 is 0 Å². The number of ketones is 1. The number of nitro groups is 1. The standard InChI is InChI=1S/C22H17NO5/c1-15-7-9-16(10-8-15)20(24)21(17-5-3-2-4-6-17)28-22(25)18-11-13-19(14-12-18)23(26)27/h2-14,21H,1H3. The number of ether oxygens (including phenoxy) is 1. The quantitative estimate of drug-likeness (QED) is 0.270. The zero-order valence-corrected chi connectivity index (χ0v) is 15.1. The molecule has 0 N–H and O–H groups in total. The van der Waals surface area contributed by atoms with Crippen molar-refractivity contribution in [3.8, 4) is 0 Å². The number of hydrogen-bond donors (Lipinski definition) is 0. The van der Waals surface area contributed by atoms with E-state index in [2.05, 4.69) is 0 Å². The molecular weight excluding hydrogens is 358 g/mol. The Kier molecular flexibility index (Phi) is 5.60. The Labute approximate surface area is 161 Å². The van der Waals surface area contributed by atoms with Crippen LogP contribution in [0.4, 0.5) is 5.69 Å². The van der Waals surface area contributed by atoms with Gasteiger partial charge in [0.1, 0.15) is 0 Å². The predicted octanol–water partition coefficient (Wildman–Crippen LogP) is 4.68. The topological polar surface area (TPSA) is 86.5 Å². The molecule has 3 aromatic rings. The maximum absolute atomic E-state index is 13.0. The maximum atomic E-state index is 13.0. The minimum Gasteiger partial charge on any atom is -0.445 e. The van der Waals surface area contributed by atoms with Crippen molar-refractivity contribution >= 4 is 17.4 Å². The first kappa shape index (κ1) is 19.0. The number of aryl methyl sites for hydroxylation is 1. The summed E-state index contributed by atoms with van der Waals surface area (Å²) in [7, 11) is 0. The number of esters is 1. The van der Waals surface area contributed by atoms with Gasteiger partial charge in [-0.1, -0.05) is 60.2 Å². The lowest BCUT2D eigenvalue weighted by Gasteiger charge is -2.17. The van der Waals surface area contributed by atoms with Crippen molar-refractivity contribution < 1.29 is 19.2 Å². The Morgan fingerprint density at radius 2 is 1.43 bits per heavy atom. The molecule has 1 unspecified atom stereocenters. The van der Waals surface area contributed by atoms with Crippen LogP contribution in [0, 0.1) is 17.0 Å². The summed E-state index contributed by atoms with van der Waals surface area (Å²) in [6.45, 7) is 1.91. The summed E-state index contributed by atoms with van der Waals surface area (Å²) < 4.78 is 5.51. The van der Waals surface area contributed by atoms with Gasteiger partial charge in [0.2, 0.25) is 5.78 Å². The summed E-state index contributed by atoms with van der Waals surface area (Å²) in [5.74, 6) is -1.08. The zero-order chi connectivity index (χ0) is 20.1. The van der Waals surface area contributed by atoms with Crippen LogP contribution in [-0.2, 0) is 4.74 Å². The molecule has 0 amide bonds. The first-order valence-electron chi connectivity index (χ1n) is 8.57. The van der Waals surface area contributed by atoms with Gasteiger partial charge < -0.3 is 4.74 Å². The molecule has 28 heavy (non-hydrogen) atoms. The lowest BCUT2D eigenvalue weighted by molar-refractivity contribution is -0.384. The van der Waals surface area contributed by atoms with Crippen molar-refractivity contribution in [2.75, 3.05) is 0 Å². The van der Waals surface area contributed by atoms with Crippen LogP contribution in [0.1, 0.15) is 37.9 Å². The summed E-state index contributed by atoms with van der Waals surface area (Å²) in [6.07, 6.45) is -1.12. The fourth-order valence-corrected chi connectivity index (χ4v) is 2.66. The second-order valence-corrected chi connectivity index (χ2v) is 6.23. The van der Waals surface area contributed by atoms with Gasteiger partial charge >= 0.3 is 5.97 Å². The Morgan fingerprint density at radius 1 is 0.857 bits per heavy atom. The highest BCUT2D eigenvalue weighted by Gasteiger charge is 2.27. The first-order chi connectivity index (χ1) is 13.5. The van der Waals surface area contributed by atoms with Gasteiger partial charge in [0.15, 0.2) is 6.10 Å². The van der Waals surface area contributed by atoms with Crippen LogP contribution in [0.2, 0.25) is 0 Å². The normalized spacial score (nSPS) is 11.5. The van der Waals surface area contributed by atoms with E-state index in [-0.39, 0.29) is 17.0 Å². The van der Waals surface area contributed by atoms with Crippen LogP contribution in [0.5, 0.6) is 0 Å². The number of hydrogen-bond acceptors (Lipinski definition) is 5. The number of non-ortho nitro benzene ring substituents is 1. The second kappa shape index (κ2) is 8.26. The van der Waals surface area contributed by atoms with E-state index < -0.39 is 17.0 Å². The molecule has 0 spiro atoms. The zero-order valence-electron chi connectivity index (χ0n) is 15.1. The molecule has 0 radical (unpaired) electrons. The van der Waals surface area contributed by atoms with Crippen molar-refractivity contribution in [1.82, 2.24) is 0 Å². The molecule has 0 aliphatic heterocycles. The van der Waals surface area contributed by atoms with Gasteiger partial charge in [-0.2, -0.15) is 0 Å². The second-order valence-electron chi connectivity index (χ2n) is 6.23. The molecule has 140 valence electrons. The van der Waals surface area contributed by atoms with Crippen LogP contribution < -0.4 is 0 Å². The van der Waals surface area contributed by atoms with E-state index in [0.717, 1.165) is 5.56 Å². The Morgan fingerprint density at radius 3 is 2.00 bits per heavy atom. The van der Waals surface area contributed by atoms with E-state index in [9.17, 15) is 19.7 Å². The van der Waals surface area contributed by atoms with Gasteiger partial charge in [0, 0.05) is 23.3 Å². The van der Waals surface area contributed by atoms with E-state index in [1.807, 2.05) is 19.1 Å². The summed E-state index contributed by atoms with van der Waals surface area (Å²) in [5, 5.41) is 10.8. The number of Topliss-reactive ketones (excluding diaryl/α,β-unsaturated/α-hetero) is 1. The third-order valence-electron chi connectivity index (χ3n) is 4.22. The number of carbonyl (C=O) groups is 2. The third kappa shape index (κ3) is 4.29. The Hall–Kier alpha value is -3.80. The minimum absolute atomic E-state index is 0.128. The van der Waals surface area contributed by atoms with E-state index in [1.165, 1.54) is 24.3 Å². The summed E-state index contributed by atoms with van der Waals surface area (Å²) in [4.78, 5) is 35.8. The number of nitrogens with zero attached hydrogens (tertiary/aromatic N) is 1. The molecule has 1 atom stereocenters. The Bertz CT molecular complexity index is 995. The van der Waals surface area contributed by atoms with E-state index in [4.69, 9.17) is 4.74 Å². The highest BCUT2D eigenvalue weighted by molar-refractivity contribution is 6.02. The summed E-state index contributed by atoms with van der Waals surface area (Å²) >= 11 is 0. The molecule has 0 saturated heterocycles. The van der Waals surface area contributed by atoms with Crippen LogP contribution in [0.15, 0.2) is 78.9 Å². The molecule has 0 fully saturated rings. The van der Waals surface area contributed by atoms with Crippen molar-refractivity contribution in [3.63, 3.8) is 0 Å². The van der Waals surface area contributed by atoms with Gasteiger partial charge in [0.25, 0.3) is 5.69 Å². The van der Waals surface area contributed by atoms with E-state index in [1.54, 1.807) is 42.5 Å². The average molecular weight is 375 g/mol. The van der Waals surface area contributed by atoms with Crippen molar-refractivity contribution in [2.45, 2.75) is 13.0 Å². The van der Waals surface area contributed by atoms with Crippen LogP contribution in [-0.4, -0.2) is 16.7 Å². The van der Waals surface area contributed by atoms with Crippen molar-refractivity contribution in [3.05, 3.63) is 111 Å². The van der Waals surface area contributed by atoms with Crippen molar-refractivity contribution in [1.29, 1.82) is 0 Å². The Balaban J connectivity index is 1.89. The number of carbonyl (C=O) groups excluding carboxylic acids is 2. The van der Waals surface area contributed by atoms with Crippen molar-refractivity contribution in [2.24, 2.45) is 0 Å². The molecule has 0 aliphatic carbocycles. The molecule has 0 saturated carbocycles. The molecule has 3 aromatic carbocycles. The maximum Gasteiger partial charge on any atom is 0.339 e. The van der Waals surface area contributed by atoms with Gasteiger partial charge in [-0.15, -0.1) is 0 Å². The largest absolute Gasteiger partial charge is 0.445 e. The summed E-state index contributed by atoms with van der Waals surface area (Å²) in [6, 6.07) is 20.8. The van der Waals surface area contributed by atoms with E-state index >= 15 is 0 Å². The average Bonchev–Trinajstić information content (AvgIpc) is 2.72. The minimum atomic E-state index is -1.12. The summed E-state index contributed by atoms with van der Waals surface area (Å²) in [5.41, 5.74) is 1.98. The van der Waals surface area contributed by atoms with Crippen LogP contribution in [0.3, 0.4) is 0 Å². The molecule has 0 aromatic heterocycles. The molecule has 3 rings (SSSR count). The van der Waals surface area contributed by atoms with Gasteiger partial charge in [-0.25, -0.2) is 4.79 Å². The molecule has 6 heteroatoms. The molecule has 0 bridgehead atoms. The van der Waals surface area contributed by atoms with E-state index in [0.29, 0.717) is 11.1 Å². The number of nitro benzene ring substituents is 1. The molecule has 6 nitrogen and oxygen atoms in total. The fourth-order valence-electron chi connectivity index (χ4n) is 2.66. The fraction of sp³-hybridized carbons (Fsp3) is 0.0909. The molecule has 0 heterocycles.